The van der Waals surface area contributed by atoms with Crippen LogP contribution in [-0.2, 0) is 6.42 Å². The predicted octanol–water partition coefficient (Wildman–Crippen LogP) is 3.55. The zero-order valence-electron chi connectivity index (χ0n) is 14.1. The van der Waals surface area contributed by atoms with E-state index < -0.39 is 5.97 Å². The number of fused-ring (bicyclic) bond motifs is 1. The number of para-hydroxylation sites is 1. The number of carbonyl (C=O) groups is 2. The molecule has 0 fully saturated rings. The maximum absolute atomic E-state index is 12.9. The first-order valence-corrected chi connectivity index (χ1v) is 8.12. The lowest BCUT2D eigenvalue weighted by Crippen LogP contribution is -2.18. The molecule has 1 amide bonds. The molecule has 25 heavy (non-hydrogen) atoms. The van der Waals surface area contributed by atoms with Crippen molar-refractivity contribution in [3.8, 4) is 0 Å². The molecule has 3 rings (SSSR count). The minimum atomic E-state index is -1.08. The van der Waals surface area contributed by atoms with E-state index in [1.54, 1.807) is 22.6 Å². The average Bonchev–Trinajstić information content (AvgIpc) is 2.92. The molecule has 0 aliphatic heterocycles. The van der Waals surface area contributed by atoms with Crippen molar-refractivity contribution in [1.82, 2.24) is 9.38 Å². The number of anilines is 1. The number of aromatic carboxylic acids is 1. The number of carboxylic acids is 1. The number of rotatable bonds is 5. The van der Waals surface area contributed by atoms with E-state index in [9.17, 15) is 14.7 Å². The zero-order chi connectivity index (χ0) is 18.0. The molecule has 3 aromatic rings. The van der Waals surface area contributed by atoms with E-state index in [4.69, 9.17) is 0 Å². The molecule has 0 saturated carbocycles. The Morgan fingerprint density at radius 3 is 2.68 bits per heavy atom. The molecule has 6 nitrogen and oxygen atoms in total. The summed E-state index contributed by atoms with van der Waals surface area (Å²) in [6.07, 6.45) is 3.39. The molecular weight excluding hydrogens is 318 g/mol. The number of carbonyl (C=O) groups excluding carboxylic acids is 1. The highest BCUT2D eigenvalue weighted by Gasteiger charge is 2.20. The van der Waals surface area contributed by atoms with Crippen molar-refractivity contribution in [3.63, 3.8) is 0 Å². The Morgan fingerprint density at radius 1 is 1.20 bits per heavy atom. The van der Waals surface area contributed by atoms with Crippen LogP contribution in [0.3, 0.4) is 0 Å². The molecule has 0 unspecified atom stereocenters. The molecule has 2 N–H and O–H groups in total. The Labute approximate surface area is 145 Å². The number of pyridine rings is 1. The van der Waals surface area contributed by atoms with Crippen LogP contribution in [0.15, 0.2) is 42.6 Å². The van der Waals surface area contributed by atoms with Gasteiger partial charge in [0.2, 0.25) is 0 Å². The molecule has 2 heterocycles. The Hall–Kier alpha value is -3.15. The lowest BCUT2D eigenvalue weighted by Gasteiger charge is -2.09. The fourth-order valence-electron chi connectivity index (χ4n) is 2.81. The maximum atomic E-state index is 12.9. The highest BCUT2D eigenvalue weighted by atomic mass is 16.4. The van der Waals surface area contributed by atoms with E-state index in [0.29, 0.717) is 23.5 Å². The Kier molecular flexibility index (Phi) is 4.52. The van der Waals surface area contributed by atoms with Gasteiger partial charge in [0, 0.05) is 6.20 Å². The number of aryl methyl sites for hydroxylation is 2. The molecule has 0 saturated heterocycles. The lowest BCUT2D eigenvalue weighted by atomic mass is 10.1. The largest absolute Gasteiger partial charge is 0.478 e. The van der Waals surface area contributed by atoms with Crippen LogP contribution in [0, 0.1) is 6.92 Å². The number of aromatic nitrogens is 2. The van der Waals surface area contributed by atoms with Gasteiger partial charge in [-0.2, -0.15) is 0 Å². The highest BCUT2D eigenvalue weighted by molar-refractivity contribution is 6.07. The third-order valence-corrected chi connectivity index (χ3v) is 3.95. The monoisotopic (exact) mass is 337 g/mol. The fraction of sp³-hybridized carbons (Fsp3) is 0.211. The van der Waals surface area contributed by atoms with Gasteiger partial charge in [-0.25, -0.2) is 9.78 Å². The summed E-state index contributed by atoms with van der Waals surface area (Å²) in [7, 11) is 0. The number of hydrogen-bond acceptors (Lipinski definition) is 3. The van der Waals surface area contributed by atoms with Crippen LogP contribution in [-0.4, -0.2) is 26.4 Å². The molecule has 0 radical (unpaired) electrons. The standard InChI is InChI=1S/C19H19N3O3/c1-3-6-15-17(22-11-12(2)9-10-16(22)20-15)18(23)21-14-8-5-4-7-13(14)19(24)25/h4-5,7-11H,3,6H2,1-2H3,(H,21,23)(H,24,25). The summed E-state index contributed by atoms with van der Waals surface area (Å²) in [5.74, 6) is -1.45. The van der Waals surface area contributed by atoms with Crippen molar-refractivity contribution in [2.24, 2.45) is 0 Å². The van der Waals surface area contributed by atoms with E-state index in [0.717, 1.165) is 12.0 Å². The topological polar surface area (TPSA) is 83.7 Å². The van der Waals surface area contributed by atoms with E-state index in [1.165, 1.54) is 6.07 Å². The Balaban J connectivity index is 2.06. The lowest BCUT2D eigenvalue weighted by molar-refractivity contribution is 0.0698. The third-order valence-electron chi connectivity index (χ3n) is 3.95. The molecule has 2 aromatic heterocycles. The van der Waals surface area contributed by atoms with Crippen LogP contribution >= 0.6 is 0 Å². The number of nitrogens with zero attached hydrogens (tertiary/aromatic N) is 2. The molecule has 0 atom stereocenters. The Bertz CT molecular complexity index is 960. The minimum absolute atomic E-state index is 0.0536. The van der Waals surface area contributed by atoms with Gasteiger partial charge >= 0.3 is 5.97 Å². The van der Waals surface area contributed by atoms with Crippen molar-refractivity contribution < 1.29 is 14.7 Å². The second-order valence-corrected chi connectivity index (χ2v) is 5.90. The quantitative estimate of drug-likeness (QED) is 0.746. The summed E-state index contributed by atoms with van der Waals surface area (Å²) in [6.45, 7) is 3.97. The van der Waals surface area contributed by atoms with Crippen LogP contribution in [0.2, 0.25) is 0 Å². The fourth-order valence-corrected chi connectivity index (χ4v) is 2.81. The number of nitrogens with one attached hydrogen (secondary N) is 1. The number of amides is 1. The summed E-state index contributed by atoms with van der Waals surface area (Å²) in [5.41, 5.74) is 3.18. The number of carboxylic acid groups (broad SMARTS) is 1. The molecule has 0 aliphatic rings. The van der Waals surface area contributed by atoms with Crippen molar-refractivity contribution in [3.05, 3.63) is 65.1 Å². The number of benzene rings is 1. The van der Waals surface area contributed by atoms with Gasteiger partial charge in [-0.3, -0.25) is 9.20 Å². The van der Waals surface area contributed by atoms with E-state index in [1.807, 2.05) is 32.2 Å². The van der Waals surface area contributed by atoms with Gasteiger partial charge in [0.1, 0.15) is 11.3 Å². The average molecular weight is 337 g/mol. The molecule has 0 spiro atoms. The molecule has 0 bridgehead atoms. The smallest absolute Gasteiger partial charge is 0.337 e. The van der Waals surface area contributed by atoms with Gasteiger partial charge in [0.05, 0.1) is 16.9 Å². The molecule has 0 aliphatic carbocycles. The van der Waals surface area contributed by atoms with Crippen LogP contribution < -0.4 is 5.32 Å². The SMILES string of the molecule is CCCc1nc2ccc(C)cn2c1C(=O)Nc1ccccc1C(=O)O. The summed E-state index contributed by atoms with van der Waals surface area (Å²) in [6, 6.07) is 10.2. The summed E-state index contributed by atoms with van der Waals surface area (Å²) in [4.78, 5) is 28.8. The second kappa shape index (κ2) is 6.76. The van der Waals surface area contributed by atoms with Gasteiger partial charge < -0.3 is 10.4 Å². The molecule has 6 heteroatoms. The number of imidazole rings is 1. The van der Waals surface area contributed by atoms with Crippen LogP contribution in [0.1, 0.15) is 45.4 Å². The van der Waals surface area contributed by atoms with Gasteiger partial charge in [-0.15, -0.1) is 0 Å². The maximum Gasteiger partial charge on any atom is 0.337 e. The Morgan fingerprint density at radius 2 is 1.96 bits per heavy atom. The molecular formula is C19H19N3O3. The van der Waals surface area contributed by atoms with Crippen molar-refractivity contribution in [1.29, 1.82) is 0 Å². The summed E-state index contributed by atoms with van der Waals surface area (Å²) < 4.78 is 1.76. The first-order chi connectivity index (χ1) is 12.0. The van der Waals surface area contributed by atoms with Gasteiger partial charge in [-0.05, 0) is 37.1 Å². The zero-order valence-corrected chi connectivity index (χ0v) is 14.1. The van der Waals surface area contributed by atoms with Crippen LogP contribution in [0.5, 0.6) is 0 Å². The van der Waals surface area contributed by atoms with E-state index in [-0.39, 0.29) is 17.2 Å². The van der Waals surface area contributed by atoms with Gasteiger partial charge in [-0.1, -0.05) is 31.5 Å². The third kappa shape index (κ3) is 3.24. The number of hydrogen-bond donors (Lipinski definition) is 2. The first-order valence-electron chi connectivity index (χ1n) is 8.12. The van der Waals surface area contributed by atoms with E-state index in [2.05, 4.69) is 10.3 Å². The summed E-state index contributed by atoms with van der Waals surface area (Å²) in [5, 5.41) is 12.0. The van der Waals surface area contributed by atoms with Gasteiger partial charge in [0.25, 0.3) is 5.91 Å². The molecule has 1 aromatic carbocycles. The van der Waals surface area contributed by atoms with Crippen molar-refractivity contribution in [2.45, 2.75) is 26.7 Å². The highest BCUT2D eigenvalue weighted by Crippen LogP contribution is 2.20. The normalized spacial score (nSPS) is 10.8. The first kappa shape index (κ1) is 16.7. The second-order valence-electron chi connectivity index (χ2n) is 5.90. The molecule has 128 valence electrons. The minimum Gasteiger partial charge on any atom is -0.478 e. The van der Waals surface area contributed by atoms with Crippen molar-refractivity contribution >= 4 is 23.2 Å². The predicted molar refractivity (Wildman–Crippen MR) is 95.3 cm³/mol. The van der Waals surface area contributed by atoms with Gasteiger partial charge in [0.15, 0.2) is 0 Å². The van der Waals surface area contributed by atoms with Crippen LogP contribution in [0.4, 0.5) is 5.69 Å². The van der Waals surface area contributed by atoms with Crippen LogP contribution in [0.25, 0.3) is 5.65 Å². The van der Waals surface area contributed by atoms with E-state index >= 15 is 0 Å². The summed E-state index contributed by atoms with van der Waals surface area (Å²) >= 11 is 0. The van der Waals surface area contributed by atoms with Crippen molar-refractivity contribution in [2.75, 3.05) is 5.32 Å².